The molecule has 0 aliphatic carbocycles. The summed E-state index contributed by atoms with van der Waals surface area (Å²) in [6.45, 7) is 0.0484. The Kier molecular flexibility index (Phi) is 4.43. The normalized spacial score (nSPS) is 9.42. The van der Waals surface area contributed by atoms with Crippen LogP contribution in [0.1, 0.15) is 6.42 Å². The van der Waals surface area contributed by atoms with E-state index in [2.05, 4.69) is 5.32 Å². The van der Waals surface area contributed by atoms with Crippen LogP contribution in [0.4, 0.5) is 0 Å². The molecule has 0 rings (SSSR count). The molecule has 0 fully saturated rings. The number of carboxylic acids is 2. The van der Waals surface area contributed by atoms with Gasteiger partial charge in [0.15, 0.2) is 5.92 Å². The Balaban J connectivity index is 3.88. The van der Waals surface area contributed by atoms with Crippen molar-refractivity contribution in [3.63, 3.8) is 0 Å². The third kappa shape index (κ3) is 3.55. The van der Waals surface area contributed by atoms with Gasteiger partial charge < -0.3 is 15.5 Å². The molecule has 0 spiro atoms. The zero-order valence-electron chi connectivity index (χ0n) is 6.19. The third-order valence-electron chi connectivity index (χ3n) is 1.26. The molecular weight excluding hydrogens is 166 g/mol. The summed E-state index contributed by atoms with van der Waals surface area (Å²) in [6.07, 6.45) is 0.282. The lowest BCUT2D eigenvalue weighted by molar-refractivity contribution is -0.154. The summed E-state index contributed by atoms with van der Waals surface area (Å²) in [7, 11) is 0. The van der Waals surface area contributed by atoms with Crippen molar-refractivity contribution in [3.05, 3.63) is 0 Å². The molecule has 0 aromatic heterocycles. The van der Waals surface area contributed by atoms with Crippen LogP contribution < -0.4 is 5.32 Å². The van der Waals surface area contributed by atoms with E-state index in [4.69, 9.17) is 10.2 Å². The number of rotatable bonds is 6. The van der Waals surface area contributed by atoms with Crippen LogP contribution in [0.25, 0.3) is 0 Å². The first-order valence-electron chi connectivity index (χ1n) is 3.22. The van der Waals surface area contributed by atoms with Gasteiger partial charge in [-0.1, -0.05) is 0 Å². The minimum absolute atomic E-state index is 0.0484. The second-order valence-electron chi connectivity index (χ2n) is 2.09. The molecule has 3 N–H and O–H groups in total. The van der Waals surface area contributed by atoms with E-state index in [1.807, 2.05) is 0 Å². The standard InChI is InChI=1S/C6H9NO5/c8-3-7-2-1-4(5(9)10)6(11)12/h3-4H,1-2H2,(H,7,8)(H,9,10)(H,11,12). The number of carbonyl (C=O) groups is 3. The Hall–Kier alpha value is -1.59. The number of nitrogens with one attached hydrogen (secondary N) is 1. The minimum Gasteiger partial charge on any atom is -0.481 e. The predicted octanol–water partition coefficient (Wildman–Crippen LogP) is -1.09. The van der Waals surface area contributed by atoms with Crippen molar-refractivity contribution in [3.8, 4) is 0 Å². The van der Waals surface area contributed by atoms with Gasteiger partial charge in [-0.2, -0.15) is 0 Å². The van der Waals surface area contributed by atoms with Gasteiger partial charge in [0.1, 0.15) is 0 Å². The lowest BCUT2D eigenvalue weighted by atomic mass is 10.1. The van der Waals surface area contributed by atoms with Gasteiger partial charge >= 0.3 is 11.9 Å². The average molecular weight is 175 g/mol. The first kappa shape index (κ1) is 10.4. The van der Waals surface area contributed by atoms with Crippen LogP contribution in [0, 0.1) is 5.92 Å². The molecule has 12 heavy (non-hydrogen) atoms. The highest BCUT2D eigenvalue weighted by molar-refractivity contribution is 5.92. The summed E-state index contributed by atoms with van der Waals surface area (Å²) >= 11 is 0. The maximum Gasteiger partial charge on any atom is 0.317 e. The minimum atomic E-state index is -1.45. The van der Waals surface area contributed by atoms with Crippen molar-refractivity contribution in [2.75, 3.05) is 6.54 Å². The summed E-state index contributed by atoms with van der Waals surface area (Å²) in [4.78, 5) is 30.2. The summed E-state index contributed by atoms with van der Waals surface area (Å²) < 4.78 is 0. The maximum absolute atomic E-state index is 10.2. The van der Waals surface area contributed by atoms with Crippen molar-refractivity contribution < 1.29 is 24.6 Å². The van der Waals surface area contributed by atoms with E-state index in [-0.39, 0.29) is 13.0 Å². The number of carbonyl (C=O) groups excluding carboxylic acids is 1. The fourth-order valence-corrected chi connectivity index (χ4v) is 0.639. The molecule has 0 aromatic rings. The molecule has 0 aromatic carbocycles. The van der Waals surface area contributed by atoms with E-state index in [1.54, 1.807) is 0 Å². The van der Waals surface area contributed by atoms with Gasteiger partial charge in [-0.05, 0) is 6.42 Å². The first-order valence-corrected chi connectivity index (χ1v) is 3.22. The van der Waals surface area contributed by atoms with Crippen molar-refractivity contribution >= 4 is 18.3 Å². The molecule has 0 aliphatic rings. The highest BCUT2D eigenvalue weighted by Crippen LogP contribution is 2.01. The van der Waals surface area contributed by atoms with Gasteiger partial charge in [0, 0.05) is 6.54 Å². The van der Waals surface area contributed by atoms with Gasteiger partial charge in [-0.25, -0.2) is 0 Å². The molecular formula is C6H9NO5. The summed E-state index contributed by atoms with van der Waals surface area (Å²) in [5.41, 5.74) is 0. The fraction of sp³-hybridized carbons (Fsp3) is 0.500. The average Bonchev–Trinajstić information content (AvgIpc) is 1.96. The van der Waals surface area contributed by atoms with E-state index >= 15 is 0 Å². The molecule has 0 radical (unpaired) electrons. The maximum atomic E-state index is 10.2. The topological polar surface area (TPSA) is 104 Å². The monoisotopic (exact) mass is 175 g/mol. The van der Waals surface area contributed by atoms with Gasteiger partial charge in [-0.15, -0.1) is 0 Å². The van der Waals surface area contributed by atoms with Crippen LogP contribution in [0.2, 0.25) is 0 Å². The Labute approximate surface area is 68.2 Å². The van der Waals surface area contributed by atoms with Crippen LogP contribution in [-0.4, -0.2) is 35.1 Å². The Morgan fingerprint density at radius 2 is 1.83 bits per heavy atom. The molecule has 6 heteroatoms. The smallest absolute Gasteiger partial charge is 0.317 e. The molecule has 0 aliphatic heterocycles. The van der Waals surface area contributed by atoms with Crippen molar-refractivity contribution in [1.82, 2.24) is 5.32 Å². The largest absolute Gasteiger partial charge is 0.481 e. The molecule has 0 bridgehead atoms. The number of carboxylic acid groups (broad SMARTS) is 2. The van der Waals surface area contributed by atoms with Crippen molar-refractivity contribution in [1.29, 1.82) is 0 Å². The highest BCUT2D eigenvalue weighted by Gasteiger charge is 2.24. The van der Waals surface area contributed by atoms with Crippen molar-refractivity contribution in [2.45, 2.75) is 6.42 Å². The fourth-order valence-electron chi connectivity index (χ4n) is 0.639. The molecule has 0 saturated carbocycles. The third-order valence-corrected chi connectivity index (χ3v) is 1.26. The van der Waals surface area contributed by atoms with Crippen LogP contribution in [0.5, 0.6) is 0 Å². The predicted molar refractivity (Wildman–Crippen MR) is 37.4 cm³/mol. The molecule has 0 unspecified atom stereocenters. The van der Waals surface area contributed by atoms with Gasteiger partial charge in [0.05, 0.1) is 0 Å². The SMILES string of the molecule is O=CNCCC(C(=O)O)C(=O)O. The van der Waals surface area contributed by atoms with Crippen LogP contribution >= 0.6 is 0 Å². The first-order chi connectivity index (χ1) is 5.59. The number of hydrogen-bond acceptors (Lipinski definition) is 3. The van der Waals surface area contributed by atoms with E-state index in [0.717, 1.165) is 0 Å². The van der Waals surface area contributed by atoms with E-state index < -0.39 is 17.9 Å². The molecule has 0 heterocycles. The zero-order chi connectivity index (χ0) is 9.56. The van der Waals surface area contributed by atoms with E-state index in [1.165, 1.54) is 0 Å². The van der Waals surface area contributed by atoms with Gasteiger partial charge in [0.2, 0.25) is 6.41 Å². The second-order valence-corrected chi connectivity index (χ2v) is 2.09. The summed E-state index contributed by atoms with van der Waals surface area (Å²) in [6, 6.07) is 0. The van der Waals surface area contributed by atoms with Crippen LogP contribution in [0.3, 0.4) is 0 Å². The Morgan fingerprint density at radius 3 is 2.17 bits per heavy atom. The van der Waals surface area contributed by atoms with Gasteiger partial charge in [0.25, 0.3) is 0 Å². The molecule has 0 atom stereocenters. The Morgan fingerprint density at radius 1 is 1.33 bits per heavy atom. The highest BCUT2D eigenvalue weighted by atomic mass is 16.4. The van der Waals surface area contributed by atoms with E-state index in [0.29, 0.717) is 6.41 Å². The molecule has 1 amide bonds. The lowest BCUT2D eigenvalue weighted by Gasteiger charge is -2.05. The molecule has 68 valence electrons. The van der Waals surface area contributed by atoms with Crippen molar-refractivity contribution in [2.24, 2.45) is 5.92 Å². The molecule has 6 nitrogen and oxygen atoms in total. The van der Waals surface area contributed by atoms with Crippen LogP contribution in [-0.2, 0) is 14.4 Å². The Bertz CT molecular complexity index is 176. The van der Waals surface area contributed by atoms with Crippen LogP contribution in [0.15, 0.2) is 0 Å². The number of hydrogen-bond donors (Lipinski definition) is 3. The van der Waals surface area contributed by atoms with Gasteiger partial charge in [-0.3, -0.25) is 14.4 Å². The number of amides is 1. The lowest BCUT2D eigenvalue weighted by Crippen LogP contribution is -2.27. The quantitative estimate of drug-likeness (QED) is 0.270. The van der Waals surface area contributed by atoms with E-state index in [9.17, 15) is 14.4 Å². The zero-order valence-corrected chi connectivity index (χ0v) is 6.19. The second kappa shape index (κ2) is 5.11. The summed E-state index contributed by atoms with van der Waals surface area (Å²) in [5.74, 6) is -4.23. The molecule has 0 saturated heterocycles. The number of aliphatic carboxylic acids is 2. The summed E-state index contributed by atoms with van der Waals surface area (Å²) in [5, 5.41) is 18.9.